The van der Waals surface area contributed by atoms with Gasteiger partial charge in [-0.3, -0.25) is 0 Å². The molecule has 0 radical (unpaired) electrons. The fourth-order valence-electron chi connectivity index (χ4n) is 2.23. The summed E-state index contributed by atoms with van der Waals surface area (Å²) in [5, 5.41) is 0. The molecule has 0 aromatic carbocycles. The molecule has 1 rings (SSSR count). The Labute approximate surface area is 89.7 Å². The van der Waals surface area contributed by atoms with Crippen LogP contribution in [-0.4, -0.2) is 0 Å². The van der Waals surface area contributed by atoms with Crippen molar-refractivity contribution in [3.63, 3.8) is 0 Å². The van der Waals surface area contributed by atoms with Gasteiger partial charge in [0.1, 0.15) is 0 Å². The van der Waals surface area contributed by atoms with E-state index in [0.29, 0.717) is 0 Å². The number of hydrogen-bond acceptors (Lipinski definition) is 0. The van der Waals surface area contributed by atoms with Crippen LogP contribution in [0, 0.1) is 18.3 Å². The summed E-state index contributed by atoms with van der Waals surface area (Å²) < 4.78 is 0. The van der Waals surface area contributed by atoms with E-state index in [4.69, 9.17) is 0 Å². The Kier molecular flexibility index (Phi) is 7.40. The summed E-state index contributed by atoms with van der Waals surface area (Å²) in [4.78, 5) is 0. The van der Waals surface area contributed by atoms with Crippen molar-refractivity contribution in [1.29, 1.82) is 0 Å². The smallest absolute Gasteiger partial charge is 0.322 e. The summed E-state index contributed by atoms with van der Waals surface area (Å²) >= 11 is 0. The van der Waals surface area contributed by atoms with Crippen LogP contribution in [0.15, 0.2) is 0 Å². The first-order valence-electron chi connectivity index (χ1n) is 5.21. The van der Waals surface area contributed by atoms with E-state index in [1.54, 1.807) is 0 Å². The molecule has 0 N–H and O–H groups in total. The average Bonchev–Trinajstić information content (AvgIpc) is 2.38. The molecular formula is C11H21Li. The molecule has 0 spiro atoms. The predicted molar refractivity (Wildman–Crippen MR) is 50.3 cm³/mol. The van der Waals surface area contributed by atoms with Crippen LogP contribution < -0.4 is 18.9 Å². The van der Waals surface area contributed by atoms with Gasteiger partial charge in [0.25, 0.3) is 0 Å². The second-order valence-electron chi connectivity index (χ2n) is 3.87. The standard InChI is InChI=1S/C11H21.Li/c1-3-5-10-7-8-11(9-10)6-4-2;/h9-11H,3-8H2,1-2H3;/q-1;+1. The molecule has 0 bridgehead atoms. The normalized spacial score (nSPS) is 28.5. The second-order valence-corrected chi connectivity index (χ2v) is 3.87. The van der Waals surface area contributed by atoms with Crippen LogP contribution >= 0.6 is 0 Å². The molecule has 1 aliphatic rings. The van der Waals surface area contributed by atoms with Crippen LogP contribution in [0.25, 0.3) is 0 Å². The van der Waals surface area contributed by atoms with Gasteiger partial charge in [0.15, 0.2) is 0 Å². The van der Waals surface area contributed by atoms with Crippen LogP contribution in [0.1, 0.15) is 52.4 Å². The molecule has 0 saturated heterocycles. The average molecular weight is 160 g/mol. The maximum absolute atomic E-state index is 2.62. The maximum atomic E-state index is 2.62. The Hall–Kier alpha value is 0.597. The van der Waals surface area contributed by atoms with Gasteiger partial charge in [0.05, 0.1) is 0 Å². The van der Waals surface area contributed by atoms with Crippen molar-refractivity contribution in [2.24, 2.45) is 11.8 Å². The zero-order chi connectivity index (χ0) is 8.10. The SMILES string of the molecule is CCCC1[CH-]C(CCC)CC1.[Li+]. The van der Waals surface area contributed by atoms with Gasteiger partial charge in [0.2, 0.25) is 0 Å². The van der Waals surface area contributed by atoms with E-state index >= 15 is 0 Å². The second kappa shape index (κ2) is 7.04. The van der Waals surface area contributed by atoms with E-state index in [1.165, 1.54) is 38.5 Å². The molecule has 0 aliphatic heterocycles. The summed E-state index contributed by atoms with van der Waals surface area (Å²) in [5.74, 6) is 1.94. The Morgan fingerprint density at radius 2 is 1.42 bits per heavy atom. The summed E-state index contributed by atoms with van der Waals surface area (Å²) in [7, 11) is 0. The van der Waals surface area contributed by atoms with E-state index in [9.17, 15) is 0 Å². The van der Waals surface area contributed by atoms with Crippen molar-refractivity contribution >= 4 is 0 Å². The minimum Gasteiger partial charge on any atom is -0.322 e. The van der Waals surface area contributed by atoms with Gasteiger partial charge in [-0.25, -0.2) is 0 Å². The van der Waals surface area contributed by atoms with Crippen molar-refractivity contribution in [1.82, 2.24) is 0 Å². The zero-order valence-electron chi connectivity index (χ0n) is 8.97. The van der Waals surface area contributed by atoms with Crippen molar-refractivity contribution in [3.8, 4) is 0 Å². The van der Waals surface area contributed by atoms with Crippen LogP contribution in [0.4, 0.5) is 0 Å². The Bertz CT molecular complexity index is 89.2. The molecule has 1 aliphatic carbocycles. The predicted octanol–water partition coefficient (Wildman–Crippen LogP) is 0.821. The van der Waals surface area contributed by atoms with Crippen molar-refractivity contribution < 1.29 is 18.9 Å². The summed E-state index contributed by atoms with van der Waals surface area (Å²) in [6.45, 7) is 4.59. The third-order valence-corrected chi connectivity index (χ3v) is 2.77. The van der Waals surface area contributed by atoms with Crippen molar-refractivity contribution in [2.75, 3.05) is 0 Å². The molecular weight excluding hydrogens is 139 g/mol. The molecule has 1 heteroatoms. The molecule has 0 amide bonds. The van der Waals surface area contributed by atoms with Crippen molar-refractivity contribution in [2.45, 2.75) is 52.4 Å². The third-order valence-electron chi connectivity index (χ3n) is 2.77. The van der Waals surface area contributed by atoms with Gasteiger partial charge in [0, 0.05) is 0 Å². The van der Waals surface area contributed by atoms with Crippen LogP contribution in [0.2, 0.25) is 0 Å². The topological polar surface area (TPSA) is 0 Å². The monoisotopic (exact) mass is 160 g/mol. The minimum atomic E-state index is 0. The molecule has 0 nitrogen and oxygen atoms in total. The van der Waals surface area contributed by atoms with Gasteiger partial charge in [-0.15, -0.1) is 0 Å². The minimum absolute atomic E-state index is 0. The number of rotatable bonds is 4. The van der Waals surface area contributed by atoms with E-state index in [2.05, 4.69) is 20.3 Å². The molecule has 0 heterocycles. The van der Waals surface area contributed by atoms with Crippen LogP contribution in [-0.2, 0) is 0 Å². The fourth-order valence-corrected chi connectivity index (χ4v) is 2.23. The third kappa shape index (κ3) is 4.01. The molecule has 1 saturated carbocycles. The van der Waals surface area contributed by atoms with Gasteiger partial charge >= 0.3 is 18.9 Å². The largest absolute Gasteiger partial charge is 1.00 e. The Morgan fingerprint density at radius 1 is 1.00 bits per heavy atom. The van der Waals surface area contributed by atoms with Crippen LogP contribution in [0.3, 0.4) is 0 Å². The first-order valence-corrected chi connectivity index (χ1v) is 5.21. The zero-order valence-corrected chi connectivity index (χ0v) is 8.97. The van der Waals surface area contributed by atoms with Gasteiger partial charge in [-0.05, 0) is 0 Å². The number of hydrogen-bond donors (Lipinski definition) is 0. The van der Waals surface area contributed by atoms with E-state index in [0.717, 1.165) is 11.8 Å². The summed E-state index contributed by atoms with van der Waals surface area (Å²) in [5.41, 5.74) is 0. The first kappa shape index (κ1) is 12.6. The molecule has 2 unspecified atom stereocenters. The Morgan fingerprint density at radius 3 is 1.75 bits per heavy atom. The van der Waals surface area contributed by atoms with Crippen molar-refractivity contribution in [3.05, 3.63) is 6.42 Å². The van der Waals surface area contributed by atoms with Gasteiger partial charge in [-0.1, -0.05) is 52.4 Å². The van der Waals surface area contributed by atoms with Gasteiger partial charge in [-0.2, -0.15) is 11.8 Å². The van der Waals surface area contributed by atoms with E-state index in [1.807, 2.05) is 0 Å². The Balaban J connectivity index is 0.00000121. The molecule has 2 atom stereocenters. The molecule has 66 valence electrons. The maximum Gasteiger partial charge on any atom is 1.00 e. The van der Waals surface area contributed by atoms with Gasteiger partial charge < -0.3 is 6.42 Å². The molecule has 0 aromatic heterocycles. The molecule has 0 aromatic rings. The molecule has 12 heavy (non-hydrogen) atoms. The van der Waals surface area contributed by atoms with Crippen LogP contribution in [0.5, 0.6) is 0 Å². The quantitative estimate of drug-likeness (QED) is 0.422. The van der Waals surface area contributed by atoms with E-state index < -0.39 is 0 Å². The summed E-state index contributed by atoms with van der Waals surface area (Å²) in [6, 6.07) is 0. The first-order chi connectivity index (χ1) is 5.36. The fraction of sp³-hybridized carbons (Fsp3) is 0.909. The van der Waals surface area contributed by atoms with E-state index in [-0.39, 0.29) is 18.9 Å². The molecule has 1 fully saturated rings. The summed E-state index contributed by atoms with van der Waals surface area (Å²) in [6.07, 6.45) is 11.1.